The zero-order chi connectivity index (χ0) is 22.7. The van der Waals surface area contributed by atoms with Crippen LogP contribution >= 0.6 is 34.4 Å². The molecule has 9 heteroatoms. The fraction of sp³-hybridized carbons (Fsp3) is 0.478. The van der Waals surface area contributed by atoms with E-state index >= 15 is 0 Å². The molecule has 0 bridgehead atoms. The summed E-state index contributed by atoms with van der Waals surface area (Å²) in [7, 11) is 0. The van der Waals surface area contributed by atoms with Crippen LogP contribution in [0.5, 0.6) is 0 Å². The van der Waals surface area contributed by atoms with Gasteiger partial charge in [0, 0.05) is 15.8 Å². The molecule has 1 atom stereocenters. The van der Waals surface area contributed by atoms with Crippen LogP contribution in [0.25, 0.3) is 20.4 Å². The number of fused-ring (bicyclic) bond motifs is 2. The molecule has 0 radical (unpaired) electrons. The molecule has 32 heavy (non-hydrogen) atoms. The Morgan fingerprint density at radius 2 is 1.56 bits per heavy atom. The molecule has 1 saturated carbocycles. The van der Waals surface area contributed by atoms with Gasteiger partial charge in [-0.2, -0.15) is 0 Å². The molecule has 0 spiro atoms. The van der Waals surface area contributed by atoms with Crippen LogP contribution in [0.2, 0.25) is 0 Å². The minimum atomic E-state index is -0.144. The number of nitrogens with one attached hydrogen (secondary N) is 1. The van der Waals surface area contributed by atoms with Gasteiger partial charge in [-0.3, -0.25) is 14.2 Å². The highest BCUT2D eigenvalue weighted by Gasteiger charge is 2.26. The molecule has 4 heterocycles. The molecular weight excluding hydrogens is 460 g/mol. The molecule has 5 rings (SSSR count). The molecule has 0 aliphatic heterocycles. The summed E-state index contributed by atoms with van der Waals surface area (Å²) in [5.74, 6) is 0.625. The summed E-state index contributed by atoms with van der Waals surface area (Å²) in [6.07, 6.45) is 4.29. The molecule has 168 valence electrons. The zero-order valence-corrected chi connectivity index (χ0v) is 21.3. The molecule has 0 amide bonds. The third-order valence-corrected chi connectivity index (χ3v) is 9.90. The van der Waals surface area contributed by atoms with Crippen molar-refractivity contribution in [2.75, 3.05) is 0 Å². The smallest absolute Gasteiger partial charge is 0.263 e. The number of aryl methyl sites for hydroxylation is 4. The number of aromatic amines is 1. The summed E-state index contributed by atoms with van der Waals surface area (Å²) >= 11 is 4.65. The first-order chi connectivity index (χ1) is 15.3. The Morgan fingerprint density at radius 3 is 2.22 bits per heavy atom. The third-order valence-electron chi connectivity index (χ3n) is 6.62. The molecule has 6 nitrogen and oxygen atoms in total. The predicted octanol–water partition coefficient (Wildman–Crippen LogP) is 5.96. The molecular formula is C23H26N4O2S3. The van der Waals surface area contributed by atoms with E-state index < -0.39 is 0 Å². The second-order valence-corrected chi connectivity index (χ2v) is 12.4. The molecule has 1 fully saturated rings. The van der Waals surface area contributed by atoms with E-state index in [0.717, 1.165) is 66.8 Å². The van der Waals surface area contributed by atoms with Gasteiger partial charge in [0.25, 0.3) is 11.1 Å². The van der Waals surface area contributed by atoms with Gasteiger partial charge in [0.1, 0.15) is 15.5 Å². The number of H-pyrrole nitrogens is 1. The summed E-state index contributed by atoms with van der Waals surface area (Å²) in [5, 5.41) is 2.02. The molecule has 0 saturated heterocycles. The SMILES string of the molecule is Cc1sc2nc(C(C)Sc3nc4sc(C)c(C)c4c(=O)n3C3CCCC3)[nH]c(=O)c2c1C. The first kappa shape index (κ1) is 21.9. The van der Waals surface area contributed by atoms with Crippen LogP contribution in [0.15, 0.2) is 14.7 Å². The molecule has 0 aromatic carbocycles. The quantitative estimate of drug-likeness (QED) is 0.284. The van der Waals surface area contributed by atoms with Crippen LogP contribution < -0.4 is 11.1 Å². The number of nitrogens with zero attached hydrogens (tertiary/aromatic N) is 3. The van der Waals surface area contributed by atoms with Crippen molar-refractivity contribution in [3.05, 3.63) is 47.4 Å². The van der Waals surface area contributed by atoms with Crippen molar-refractivity contribution in [1.29, 1.82) is 0 Å². The van der Waals surface area contributed by atoms with Crippen LogP contribution in [-0.4, -0.2) is 19.5 Å². The van der Waals surface area contributed by atoms with Crippen LogP contribution in [0.3, 0.4) is 0 Å². The van der Waals surface area contributed by atoms with E-state index in [0.29, 0.717) is 11.2 Å². The van der Waals surface area contributed by atoms with Gasteiger partial charge in [-0.05, 0) is 58.6 Å². The largest absolute Gasteiger partial charge is 0.309 e. The first-order valence-electron chi connectivity index (χ1n) is 10.9. The van der Waals surface area contributed by atoms with E-state index in [1.165, 1.54) is 11.8 Å². The Bertz CT molecular complexity index is 1470. The maximum atomic E-state index is 13.6. The molecule has 1 unspecified atom stereocenters. The summed E-state index contributed by atoms with van der Waals surface area (Å²) in [4.78, 5) is 42.9. The van der Waals surface area contributed by atoms with Crippen LogP contribution in [0.1, 0.15) is 70.6 Å². The van der Waals surface area contributed by atoms with E-state index in [1.54, 1.807) is 22.7 Å². The second kappa shape index (κ2) is 8.11. The number of hydrogen-bond acceptors (Lipinski definition) is 7. The van der Waals surface area contributed by atoms with E-state index in [4.69, 9.17) is 9.97 Å². The third kappa shape index (κ3) is 3.45. The topological polar surface area (TPSA) is 80.6 Å². The highest BCUT2D eigenvalue weighted by molar-refractivity contribution is 7.99. The Hall–Kier alpha value is -1.97. The summed E-state index contributed by atoms with van der Waals surface area (Å²) in [6, 6.07) is 0.186. The van der Waals surface area contributed by atoms with Crippen LogP contribution in [0.4, 0.5) is 0 Å². The average molecular weight is 487 g/mol. The van der Waals surface area contributed by atoms with Crippen molar-refractivity contribution in [2.45, 2.75) is 76.8 Å². The Labute approximate surface area is 198 Å². The molecule has 1 aliphatic rings. The van der Waals surface area contributed by atoms with Gasteiger partial charge in [-0.1, -0.05) is 24.6 Å². The first-order valence-corrected chi connectivity index (χ1v) is 13.5. The standard InChI is InChI=1S/C23H26N4O2S3/c1-10-12(3)30-20-16(10)19(28)24-18(25-20)14(5)32-23-26-21-17(11(2)13(4)31-21)22(29)27(23)15-8-6-7-9-15/h14-15H,6-9H2,1-5H3,(H,24,25,28). The molecule has 1 aliphatic carbocycles. The highest BCUT2D eigenvalue weighted by atomic mass is 32.2. The number of thioether (sulfide) groups is 1. The minimum absolute atomic E-state index is 0.0693. The van der Waals surface area contributed by atoms with E-state index in [1.807, 2.05) is 39.2 Å². The van der Waals surface area contributed by atoms with Gasteiger partial charge >= 0.3 is 0 Å². The fourth-order valence-electron chi connectivity index (χ4n) is 4.53. The normalized spacial score (nSPS) is 15.9. The lowest BCUT2D eigenvalue weighted by atomic mass is 10.2. The van der Waals surface area contributed by atoms with Crippen LogP contribution in [-0.2, 0) is 0 Å². The maximum absolute atomic E-state index is 13.6. The van der Waals surface area contributed by atoms with Gasteiger partial charge in [0.05, 0.1) is 16.0 Å². The van der Waals surface area contributed by atoms with E-state index in [9.17, 15) is 9.59 Å². The Kier molecular flexibility index (Phi) is 5.54. The number of thiophene rings is 2. The van der Waals surface area contributed by atoms with Gasteiger partial charge in [0.15, 0.2) is 5.16 Å². The van der Waals surface area contributed by atoms with Crippen molar-refractivity contribution >= 4 is 54.9 Å². The Balaban J connectivity index is 1.62. The lowest BCUT2D eigenvalue weighted by molar-refractivity contribution is 0.457. The van der Waals surface area contributed by atoms with Gasteiger partial charge in [-0.15, -0.1) is 22.7 Å². The highest BCUT2D eigenvalue weighted by Crippen LogP contribution is 2.39. The van der Waals surface area contributed by atoms with Crippen molar-refractivity contribution in [3.63, 3.8) is 0 Å². The van der Waals surface area contributed by atoms with Crippen molar-refractivity contribution in [1.82, 2.24) is 19.5 Å². The predicted molar refractivity (Wildman–Crippen MR) is 135 cm³/mol. The average Bonchev–Trinajstić information content (AvgIpc) is 3.42. The van der Waals surface area contributed by atoms with E-state index in [2.05, 4.69) is 4.98 Å². The monoisotopic (exact) mass is 486 g/mol. The zero-order valence-electron chi connectivity index (χ0n) is 18.9. The summed E-state index contributed by atoms with van der Waals surface area (Å²) in [5.41, 5.74) is 2.01. The van der Waals surface area contributed by atoms with Crippen molar-refractivity contribution < 1.29 is 0 Å². The number of rotatable bonds is 4. The van der Waals surface area contributed by atoms with Crippen LogP contribution in [0, 0.1) is 27.7 Å². The van der Waals surface area contributed by atoms with Crippen molar-refractivity contribution in [2.24, 2.45) is 0 Å². The fourth-order valence-corrected chi connectivity index (χ4v) is 7.68. The Morgan fingerprint density at radius 1 is 0.969 bits per heavy atom. The summed E-state index contributed by atoms with van der Waals surface area (Å²) in [6.45, 7) is 10.1. The van der Waals surface area contributed by atoms with Gasteiger partial charge in [-0.25, -0.2) is 9.97 Å². The lowest BCUT2D eigenvalue weighted by Crippen LogP contribution is -2.26. The van der Waals surface area contributed by atoms with Crippen molar-refractivity contribution in [3.8, 4) is 0 Å². The molecule has 4 aromatic rings. The van der Waals surface area contributed by atoms with E-state index in [-0.39, 0.29) is 22.4 Å². The molecule has 4 aromatic heterocycles. The maximum Gasteiger partial charge on any atom is 0.263 e. The van der Waals surface area contributed by atoms with Gasteiger partial charge in [0.2, 0.25) is 0 Å². The second-order valence-electron chi connectivity index (χ2n) is 8.65. The number of aromatic nitrogens is 4. The lowest BCUT2D eigenvalue weighted by Gasteiger charge is -2.20. The van der Waals surface area contributed by atoms with Gasteiger partial charge < -0.3 is 4.98 Å². The number of hydrogen-bond donors (Lipinski definition) is 1. The summed E-state index contributed by atoms with van der Waals surface area (Å²) < 4.78 is 1.92. The molecule has 1 N–H and O–H groups in total. The minimum Gasteiger partial charge on any atom is -0.309 e.